The highest BCUT2D eigenvalue weighted by Gasteiger charge is 2.39. The molecule has 0 bridgehead atoms. The maximum Gasteiger partial charge on any atom is 0.310 e. The van der Waals surface area contributed by atoms with E-state index in [0.29, 0.717) is 5.82 Å². The summed E-state index contributed by atoms with van der Waals surface area (Å²) in [7, 11) is 1.62. The lowest BCUT2D eigenvalue weighted by atomic mass is 9.76. The van der Waals surface area contributed by atoms with Crippen molar-refractivity contribution in [3.05, 3.63) is 12.2 Å². The summed E-state index contributed by atoms with van der Waals surface area (Å²) in [5, 5.41) is 15.6. The fourth-order valence-corrected chi connectivity index (χ4v) is 1.60. The Kier molecular flexibility index (Phi) is 4.63. The summed E-state index contributed by atoms with van der Waals surface area (Å²) in [6, 6.07) is 0. The van der Waals surface area contributed by atoms with Gasteiger partial charge in [0.2, 0.25) is 5.91 Å². The lowest BCUT2D eigenvalue weighted by Crippen LogP contribution is -2.39. The van der Waals surface area contributed by atoms with Gasteiger partial charge in [0, 0.05) is 13.5 Å². The molecule has 2 N–H and O–H groups in total. The van der Waals surface area contributed by atoms with Crippen LogP contribution >= 0.6 is 0 Å². The van der Waals surface area contributed by atoms with Crippen LogP contribution in [0.25, 0.3) is 0 Å². The van der Waals surface area contributed by atoms with Crippen LogP contribution in [0.4, 0.5) is 0 Å². The third-order valence-electron chi connectivity index (χ3n) is 3.56. The summed E-state index contributed by atoms with van der Waals surface area (Å²) >= 11 is 0. The molecule has 0 fully saturated rings. The first-order chi connectivity index (χ1) is 8.77. The fourth-order valence-electron chi connectivity index (χ4n) is 1.60. The monoisotopic (exact) mass is 268 g/mol. The number of carbonyl (C=O) groups excluding carboxylic acids is 1. The Morgan fingerprint density at radius 2 is 2.16 bits per heavy atom. The molecule has 0 saturated carbocycles. The smallest absolute Gasteiger partial charge is 0.310 e. The Bertz CT molecular complexity index is 444. The number of carboxylic acid groups (broad SMARTS) is 1. The molecule has 0 aromatic carbocycles. The van der Waals surface area contributed by atoms with Gasteiger partial charge in [0.25, 0.3) is 0 Å². The quantitative estimate of drug-likeness (QED) is 0.798. The van der Waals surface area contributed by atoms with E-state index in [1.165, 1.54) is 11.2 Å². The molecule has 1 unspecified atom stereocenters. The molecule has 0 radical (unpaired) electrons. The molecule has 0 aliphatic rings. The summed E-state index contributed by atoms with van der Waals surface area (Å²) < 4.78 is 0. The van der Waals surface area contributed by atoms with Crippen molar-refractivity contribution in [3.63, 3.8) is 0 Å². The van der Waals surface area contributed by atoms with Crippen LogP contribution in [0, 0.1) is 11.3 Å². The maximum atomic E-state index is 12.1. The van der Waals surface area contributed by atoms with Crippen molar-refractivity contribution in [2.45, 2.75) is 33.7 Å². The average Bonchev–Trinajstić information content (AvgIpc) is 2.80. The van der Waals surface area contributed by atoms with E-state index >= 15 is 0 Å². The van der Waals surface area contributed by atoms with Crippen LogP contribution in [0.15, 0.2) is 6.33 Å². The van der Waals surface area contributed by atoms with E-state index in [1.54, 1.807) is 27.8 Å². The van der Waals surface area contributed by atoms with Gasteiger partial charge in [-0.25, -0.2) is 4.98 Å². The Hall–Kier alpha value is -1.92. The SMILES string of the molecule is CC(C)C(C)(CC(=O)N(C)Cc1ncn[nH]1)C(=O)O. The first kappa shape index (κ1) is 15.1. The number of nitrogens with zero attached hydrogens (tertiary/aromatic N) is 3. The predicted octanol–water partition coefficient (Wildman–Crippen LogP) is 0.900. The highest BCUT2D eigenvalue weighted by Crippen LogP contribution is 2.32. The Balaban J connectivity index is 2.69. The van der Waals surface area contributed by atoms with E-state index in [9.17, 15) is 14.7 Å². The molecule has 106 valence electrons. The van der Waals surface area contributed by atoms with E-state index in [1.807, 2.05) is 0 Å². The minimum atomic E-state index is -1.06. The van der Waals surface area contributed by atoms with Gasteiger partial charge in [0.15, 0.2) is 0 Å². The summed E-state index contributed by atoms with van der Waals surface area (Å²) in [4.78, 5) is 28.8. The minimum absolute atomic E-state index is 0.0371. The van der Waals surface area contributed by atoms with Gasteiger partial charge in [0.05, 0.1) is 12.0 Å². The van der Waals surface area contributed by atoms with Gasteiger partial charge in [-0.15, -0.1) is 0 Å². The predicted molar refractivity (Wildman–Crippen MR) is 68.1 cm³/mol. The van der Waals surface area contributed by atoms with E-state index in [4.69, 9.17) is 0 Å². The molecule has 0 saturated heterocycles. The average molecular weight is 268 g/mol. The topological polar surface area (TPSA) is 99.2 Å². The molecule has 0 aliphatic heterocycles. The van der Waals surface area contributed by atoms with Crippen LogP contribution in [-0.2, 0) is 16.1 Å². The van der Waals surface area contributed by atoms with Crippen molar-refractivity contribution in [1.82, 2.24) is 20.1 Å². The van der Waals surface area contributed by atoms with E-state index < -0.39 is 11.4 Å². The second-order valence-corrected chi connectivity index (χ2v) is 5.24. The van der Waals surface area contributed by atoms with Crippen LogP contribution in [-0.4, -0.2) is 44.1 Å². The second kappa shape index (κ2) is 5.81. The largest absolute Gasteiger partial charge is 0.481 e. The van der Waals surface area contributed by atoms with Crippen molar-refractivity contribution in [3.8, 4) is 0 Å². The third kappa shape index (κ3) is 3.52. The number of rotatable bonds is 6. The number of aromatic amines is 1. The first-order valence-electron chi connectivity index (χ1n) is 6.09. The summed E-state index contributed by atoms with van der Waals surface area (Å²) in [5.74, 6) is -0.746. The van der Waals surface area contributed by atoms with E-state index in [2.05, 4.69) is 15.2 Å². The molecule has 7 heteroatoms. The van der Waals surface area contributed by atoms with Gasteiger partial charge in [-0.05, 0) is 12.8 Å². The van der Waals surface area contributed by atoms with Gasteiger partial charge in [-0.1, -0.05) is 13.8 Å². The number of hydrogen-bond acceptors (Lipinski definition) is 4. The molecule has 1 heterocycles. The minimum Gasteiger partial charge on any atom is -0.481 e. The van der Waals surface area contributed by atoms with Crippen molar-refractivity contribution < 1.29 is 14.7 Å². The number of amides is 1. The van der Waals surface area contributed by atoms with Crippen molar-refractivity contribution >= 4 is 11.9 Å². The Morgan fingerprint density at radius 1 is 1.53 bits per heavy atom. The fraction of sp³-hybridized carbons (Fsp3) is 0.667. The number of nitrogens with one attached hydrogen (secondary N) is 1. The molecule has 1 amide bonds. The van der Waals surface area contributed by atoms with Gasteiger partial charge in [0.1, 0.15) is 12.2 Å². The molecular weight excluding hydrogens is 248 g/mol. The number of aromatic nitrogens is 3. The second-order valence-electron chi connectivity index (χ2n) is 5.24. The van der Waals surface area contributed by atoms with Gasteiger partial charge in [-0.2, -0.15) is 5.10 Å². The van der Waals surface area contributed by atoms with Crippen LogP contribution < -0.4 is 0 Å². The van der Waals surface area contributed by atoms with Crippen LogP contribution in [0.2, 0.25) is 0 Å². The number of carbonyl (C=O) groups is 2. The summed E-state index contributed by atoms with van der Waals surface area (Å²) in [6.45, 7) is 5.49. The maximum absolute atomic E-state index is 12.1. The molecule has 0 spiro atoms. The molecule has 19 heavy (non-hydrogen) atoms. The molecule has 7 nitrogen and oxygen atoms in total. The van der Waals surface area contributed by atoms with Crippen LogP contribution in [0.3, 0.4) is 0 Å². The van der Waals surface area contributed by atoms with Crippen LogP contribution in [0.5, 0.6) is 0 Å². The zero-order valence-electron chi connectivity index (χ0n) is 11.7. The third-order valence-corrected chi connectivity index (χ3v) is 3.56. The van der Waals surface area contributed by atoms with Crippen molar-refractivity contribution in [1.29, 1.82) is 0 Å². The van der Waals surface area contributed by atoms with E-state index in [0.717, 1.165) is 0 Å². The van der Waals surface area contributed by atoms with Gasteiger partial charge in [-0.3, -0.25) is 14.7 Å². The lowest BCUT2D eigenvalue weighted by molar-refractivity contribution is -0.155. The Morgan fingerprint density at radius 3 is 2.58 bits per heavy atom. The molecule has 1 aromatic rings. The molecular formula is C12H20N4O3. The molecule has 0 aliphatic carbocycles. The number of hydrogen-bond donors (Lipinski definition) is 2. The van der Waals surface area contributed by atoms with Crippen LogP contribution in [0.1, 0.15) is 33.0 Å². The molecule has 1 aromatic heterocycles. The highest BCUT2D eigenvalue weighted by atomic mass is 16.4. The molecule has 1 atom stereocenters. The number of aliphatic carboxylic acids is 1. The molecule has 1 rings (SSSR count). The normalized spacial score (nSPS) is 14.2. The standard InChI is InChI=1S/C12H20N4O3/c1-8(2)12(3,11(18)19)5-10(17)16(4)6-9-13-7-14-15-9/h7-8H,5-6H2,1-4H3,(H,18,19)(H,13,14,15). The zero-order chi connectivity index (χ0) is 14.6. The van der Waals surface area contributed by atoms with Gasteiger partial charge >= 0.3 is 5.97 Å². The first-order valence-corrected chi connectivity index (χ1v) is 6.09. The highest BCUT2D eigenvalue weighted by molar-refractivity contribution is 5.84. The zero-order valence-corrected chi connectivity index (χ0v) is 11.7. The Labute approximate surface area is 112 Å². The van der Waals surface area contributed by atoms with E-state index in [-0.39, 0.29) is 24.8 Å². The number of H-pyrrole nitrogens is 1. The van der Waals surface area contributed by atoms with Crippen molar-refractivity contribution in [2.75, 3.05) is 7.05 Å². The van der Waals surface area contributed by atoms with Gasteiger partial charge < -0.3 is 10.0 Å². The van der Waals surface area contributed by atoms with Crippen molar-refractivity contribution in [2.24, 2.45) is 11.3 Å². The lowest BCUT2D eigenvalue weighted by Gasteiger charge is -2.30. The summed E-state index contributed by atoms with van der Waals surface area (Å²) in [6.07, 6.45) is 1.33. The number of carboxylic acids is 1. The summed E-state index contributed by atoms with van der Waals surface area (Å²) in [5.41, 5.74) is -1.06.